The molecule has 0 bridgehead atoms. The molecule has 1 aromatic heterocycles. The van der Waals surface area contributed by atoms with Crippen LogP contribution < -0.4 is 5.32 Å². The predicted octanol–water partition coefficient (Wildman–Crippen LogP) is 1.33. The maximum Gasteiger partial charge on any atom is 0.249 e. The molecule has 1 aliphatic carbocycles. The summed E-state index contributed by atoms with van der Waals surface area (Å²) in [7, 11) is 0. The molecule has 3 rings (SSSR count). The number of nitrogens with one attached hydrogen (secondary N) is 1. The summed E-state index contributed by atoms with van der Waals surface area (Å²) in [5.74, 6) is 0.222. The summed E-state index contributed by atoms with van der Waals surface area (Å²) >= 11 is 0. The maximum absolute atomic E-state index is 13.0. The molecular formula is C15H21N3O3. The highest BCUT2D eigenvalue weighted by Crippen LogP contribution is 2.42. The minimum absolute atomic E-state index is 0.00806. The molecule has 21 heavy (non-hydrogen) atoms. The Balaban J connectivity index is 1.92. The lowest BCUT2D eigenvalue weighted by molar-refractivity contribution is -0.158. The van der Waals surface area contributed by atoms with Gasteiger partial charge < -0.3 is 14.7 Å². The zero-order valence-corrected chi connectivity index (χ0v) is 12.6. The van der Waals surface area contributed by atoms with Gasteiger partial charge in [0.2, 0.25) is 11.8 Å². The van der Waals surface area contributed by atoms with Crippen LogP contribution in [0.1, 0.15) is 39.3 Å². The van der Waals surface area contributed by atoms with Crippen LogP contribution in [0.3, 0.4) is 0 Å². The van der Waals surface area contributed by atoms with Crippen molar-refractivity contribution in [2.24, 2.45) is 11.8 Å². The predicted molar refractivity (Wildman–Crippen MR) is 75.0 cm³/mol. The van der Waals surface area contributed by atoms with Gasteiger partial charge in [0, 0.05) is 6.07 Å². The van der Waals surface area contributed by atoms with Crippen molar-refractivity contribution in [3.05, 3.63) is 18.0 Å². The molecule has 2 heterocycles. The van der Waals surface area contributed by atoms with Gasteiger partial charge >= 0.3 is 0 Å². The van der Waals surface area contributed by atoms with Crippen LogP contribution in [0.2, 0.25) is 0 Å². The third-order valence-corrected chi connectivity index (χ3v) is 4.54. The van der Waals surface area contributed by atoms with Crippen LogP contribution >= 0.6 is 0 Å². The molecule has 2 amide bonds. The molecule has 0 aromatic carbocycles. The molecule has 2 aliphatic rings. The van der Waals surface area contributed by atoms with Gasteiger partial charge in [-0.3, -0.25) is 9.59 Å². The second-order valence-electron chi connectivity index (χ2n) is 6.58. The van der Waals surface area contributed by atoms with Gasteiger partial charge in [-0.15, -0.1) is 0 Å². The number of carbonyl (C=O) groups is 2. The van der Waals surface area contributed by atoms with Crippen LogP contribution in [0.25, 0.3) is 0 Å². The van der Waals surface area contributed by atoms with Gasteiger partial charge in [0.1, 0.15) is 23.5 Å². The van der Waals surface area contributed by atoms with Crippen LogP contribution in [-0.2, 0) is 16.1 Å². The molecule has 2 unspecified atom stereocenters. The third-order valence-electron chi connectivity index (χ3n) is 4.54. The quantitative estimate of drug-likeness (QED) is 0.908. The van der Waals surface area contributed by atoms with Crippen LogP contribution in [0.15, 0.2) is 16.9 Å². The highest BCUT2D eigenvalue weighted by Gasteiger charge is 2.55. The largest absolute Gasteiger partial charge is 0.364 e. The van der Waals surface area contributed by atoms with E-state index in [0.717, 1.165) is 12.8 Å². The summed E-state index contributed by atoms with van der Waals surface area (Å²) in [4.78, 5) is 27.2. The van der Waals surface area contributed by atoms with Crippen molar-refractivity contribution >= 4 is 11.8 Å². The van der Waals surface area contributed by atoms with Crippen molar-refractivity contribution in [3.63, 3.8) is 0 Å². The highest BCUT2D eigenvalue weighted by molar-refractivity contribution is 6.00. The average molecular weight is 291 g/mol. The van der Waals surface area contributed by atoms with E-state index in [-0.39, 0.29) is 23.7 Å². The molecule has 1 saturated carbocycles. The number of aromatic nitrogens is 1. The number of carbonyl (C=O) groups excluding carboxylic acids is 2. The van der Waals surface area contributed by atoms with Gasteiger partial charge in [0.05, 0.1) is 6.54 Å². The van der Waals surface area contributed by atoms with Crippen molar-refractivity contribution in [2.45, 2.75) is 51.7 Å². The van der Waals surface area contributed by atoms with Crippen LogP contribution in [-0.4, -0.2) is 33.5 Å². The molecule has 6 nitrogen and oxygen atoms in total. The third kappa shape index (κ3) is 2.32. The standard InChI is InChI=1S/C15H21N3O3/c1-9(2)12-13(19)16-15(3,10-4-5-10)14(20)18(12)8-11-6-7-21-17-11/h6-7,9-10,12H,4-5,8H2,1-3H3,(H,16,19). The molecule has 2 fully saturated rings. The fraction of sp³-hybridized carbons (Fsp3) is 0.667. The molecule has 1 saturated heterocycles. The number of amides is 2. The normalized spacial score (nSPS) is 29.9. The lowest BCUT2D eigenvalue weighted by Gasteiger charge is -2.45. The smallest absolute Gasteiger partial charge is 0.249 e. The molecule has 0 spiro atoms. The Labute approximate surface area is 123 Å². The number of hydrogen-bond acceptors (Lipinski definition) is 4. The second-order valence-corrected chi connectivity index (χ2v) is 6.58. The summed E-state index contributed by atoms with van der Waals surface area (Å²) < 4.78 is 4.84. The molecular weight excluding hydrogens is 270 g/mol. The summed E-state index contributed by atoms with van der Waals surface area (Å²) in [6.07, 6.45) is 3.47. The first-order valence-corrected chi connectivity index (χ1v) is 7.46. The highest BCUT2D eigenvalue weighted by atomic mass is 16.5. The first-order chi connectivity index (χ1) is 9.93. The fourth-order valence-electron chi connectivity index (χ4n) is 3.21. The average Bonchev–Trinajstić information content (AvgIpc) is 3.15. The van der Waals surface area contributed by atoms with Crippen molar-refractivity contribution in [2.75, 3.05) is 0 Å². The van der Waals surface area contributed by atoms with Gasteiger partial charge in [-0.2, -0.15) is 0 Å². The molecule has 2 atom stereocenters. The molecule has 6 heteroatoms. The van der Waals surface area contributed by atoms with Crippen LogP contribution in [0.5, 0.6) is 0 Å². The minimum atomic E-state index is -0.772. The van der Waals surface area contributed by atoms with Crippen molar-refractivity contribution in [3.8, 4) is 0 Å². The monoisotopic (exact) mass is 291 g/mol. The molecule has 1 N–H and O–H groups in total. The van der Waals surface area contributed by atoms with E-state index in [1.165, 1.54) is 6.26 Å². The summed E-state index contributed by atoms with van der Waals surface area (Å²) in [5, 5.41) is 6.84. The van der Waals surface area contributed by atoms with Gasteiger partial charge in [-0.1, -0.05) is 19.0 Å². The summed E-state index contributed by atoms with van der Waals surface area (Å²) in [6, 6.07) is 1.27. The SMILES string of the molecule is CC(C)C1C(=O)NC(C)(C2CC2)C(=O)N1Cc1ccon1. The van der Waals surface area contributed by atoms with E-state index in [9.17, 15) is 9.59 Å². The van der Waals surface area contributed by atoms with Crippen molar-refractivity contribution in [1.29, 1.82) is 0 Å². The van der Waals surface area contributed by atoms with E-state index in [4.69, 9.17) is 4.52 Å². The number of piperazine rings is 1. The Morgan fingerprint density at radius 3 is 2.71 bits per heavy atom. The Morgan fingerprint density at radius 2 is 2.19 bits per heavy atom. The second kappa shape index (κ2) is 4.86. The summed E-state index contributed by atoms with van der Waals surface area (Å²) in [6.45, 7) is 6.06. The number of nitrogens with zero attached hydrogens (tertiary/aromatic N) is 2. The van der Waals surface area contributed by atoms with E-state index < -0.39 is 11.6 Å². The first-order valence-electron chi connectivity index (χ1n) is 7.46. The van der Waals surface area contributed by atoms with Gasteiger partial charge in [-0.05, 0) is 31.6 Å². The lowest BCUT2D eigenvalue weighted by Crippen LogP contribution is -2.70. The van der Waals surface area contributed by atoms with Crippen molar-refractivity contribution < 1.29 is 14.1 Å². The van der Waals surface area contributed by atoms with Crippen LogP contribution in [0.4, 0.5) is 0 Å². The van der Waals surface area contributed by atoms with Crippen LogP contribution in [0, 0.1) is 11.8 Å². The molecule has 1 aliphatic heterocycles. The zero-order chi connectivity index (χ0) is 15.2. The Bertz CT molecular complexity index is 551. The summed E-state index contributed by atoms with van der Waals surface area (Å²) in [5.41, 5.74) is -0.103. The molecule has 0 radical (unpaired) electrons. The molecule has 1 aromatic rings. The fourth-order valence-corrected chi connectivity index (χ4v) is 3.21. The van der Waals surface area contributed by atoms with E-state index in [2.05, 4.69) is 10.5 Å². The topological polar surface area (TPSA) is 75.4 Å². The first kappa shape index (κ1) is 14.1. The van der Waals surface area contributed by atoms with Crippen molar-refractivity contribution in [1.82, 2.24) is 15.4 Å². The Kier molecular flexibility index (Phi) is 3.26. The number of hydrogen-bond donors (Lipinski definition) is 1. The van der Waals surface area contributed by atoms with Gasteiger partial charge in [0.15, 0.2) is 0 Å². The molecule has 114 valence electrons. The van der Waals surface area contributed by atoms with E-state index in [1.807, 2.05) is 20.8 Å². The Morgan fingerprint density at radius 1 is 1.48 bits per heavy atom. The van der Waals surface area contributed by atoms with Gasteiger partial charge in [0.25, 0.3) is 0 Å². The van der Waals surface area contributed by atoms with E-state index in [0.29, 0.717) is 12.2 Å². The number of rotatable bonds is 4. The van der Waals surface area contributed by atoms with Gasteiger partial charge in [-0.25, -0.2) is 0 Å². The minimum Gasteiger partial charge on any atom is -0.364 e. The Hall–Kier alpha value is -1.85. The maximum atomic E-state index is 13.0. The zero-order valence-electron chi connectivity index (χ0n) is 12.6. The van der Waals surface area contributed by atoms with E-state index in [1.54, 1.807) is 11.0 Å². The van der Waals surface area contributed by atoms with E-state index >= 15 is 0 Å². The lowest BCUT2D eigenvalue weighted by atomic mass is 9.86.